The lowest BCUT2D eigenvalue weighted by molar-refractivity contribution is -0.138. The predicted molar refractivity (Wildman–Crippen MR) is 59.4 cm³/mol. The summed E-state index contributed by atoms with van der Waals surface area (Å²) in [6.45, 7) is 7.53. The monoisotopic (exact) mass is 244 g/mol. The van der Waals surface area contributed by atoms with Crippen molar-refractivity contribution in [1.82, 2.24) is 4.98 Å². The maximum atomic E-state index is 12.5. The number of nitriles is 1. The Morgan fingerprint density at radius 1 is 1.29 bits per heavy atom. The molecule has 0 aliphatic rings. The molecule has 94 valence electrons. The first-order valence-electron chi connectivity index (χ1n) is 5.33. The van der Waals surface area contributed by atoms with E-state index in [0.717, 1.165) is 6.07 Å². The van der Waals surface area contributed by atoms with E-state index in [1.54, 1.807) is 13.8 Å². The Labute approximate surface area is 99.1 Å². The quantitative estimate of drug-likeness (QED) is 0.745. The molecule has 1 aromatic rings. The van der Waals surface area contributed by atoms with Gasteiger partial charge in [-0.15, -0.1) is 0 Å². The van der Waals surface area contributed by atoms with Gasteiger partial charge in [-0.1, -0.05) is 27.7 Å². The van der Waals surface area contributed by atoms with Crippen molar-refractivity contribution < 1.29 is 13.2 Å². The van der Waals surface area contributed by atoms with Gasteiger partial charge in [-0.25, -0.2) is 4.98 Å². The van der Waals surface area contributed by atoms with Gasteiger partial charge in [0.2, 0.25) is 0 Å². The molecule has 0 bridgehead atoms. The summed E-state index contributed by atoms with van der Waals surface area (Å²) in [7, 11) is 0. The second kappa shape index (κ2) is 6.24. The zero-order valence-corrected chi connectivity index (χ0v) is 10.3. The van der Waals surface area contributed by atoms with E-state index in [0.29, 0.717) is 5.56 Å². The minimum atomic E-state index is -4.52. The minimum absolute atomic E-state index is 0.0497. The maximum absolute atomic E-state index is 12.5. The lowest BCUT2D eigenvalue weighted by Gasteiger charge is -2.11. The molecule has 1 aromatic heterocycles. The molecular formula is C12H15F3N2. The van der Waals surface area contributed by atoms with Crippen molar-refractivity contribution in [2.75, 3.05) is 0 Å². The molecule has 1 rings (SSSR count). The van der Waals surface area contributed by atoms with Gasteiger partial charge in [0.1, 0.15) is 6.07 Å². The third-order valence-corrected chi connectivity index (χ3v) is 1.99. The standard InChI is InChI=1S/C10H9F3N2.C2H6/c1-6(2)7-3-8(10(11,12)13)9(4-14)15-5-7;1-2/h3,5-6H,1-2H3;1-2H3. The number of aromatic nitrogens is 1. The number of nitrogens with zero attached hydrogens (tertiary/aromatic N) is 2. The van der Waals surface area contributed by atoms with E-state index in [1.165, 1.54) is 12.3 Å². The van der Waals surface area contributed by atoms with Crippen LogP contribution in [0, 0.1) is 11.3 Å². The van der Waals surface area contributed by atoms with Crippen molar-refractivity contribution in [2.45, 2.75) is 39.8 Å². The summed E-state index contributed by atoms with van der Waals surface area (Å²) in [5, 5.41) is 8.50. The van der Waals surface area contributed by atoms with Crippen LogP contribution in [0.25, 0.3) is 0 Å². The molecule has 0 aliphatic carbocycles. The van der Waals surface area contributed by atoms with Crippen LogP contribution in [-0.4, -0.2) is 4.98 Å². The highest BCUT2D eigenvalue weighted by Gasteiger charge is 2.34. The van der Waals surface area contributed by atoms with Crippen molar-refractivity contribution in [2.24, 2.45) is 0 Å². The third-order valence-electron chi connectivity index (χ3n) is 1.99. The van der Waals surface area contributed by atoms with Gasteiger partial charge in [-0.2, -0.15) is 18.4 Å². The summed E-state index contributed by atoms with van der Waals surface area (Å²) in [6.07, 6.45) is -3.22. The Hall–Kier alpha value is -1.57. The van der Waals surface area contributed by atoms with Gasteiger partial charge in [0.25, 0.3) is 0 Å². The highest BCUT2D eigenvalue weighted by atomic mass is 19.4. The number of halogens is 3. The second-order valence-electron chi connectivity index (χ2n) is 3.43. The third kappa shape index (κ3) is 4.06. The highest BCUT2D eigenvalue weighted by molar-refractivity contribution is 5.36. The fourth-order valence-corrected chi connectivity index (χ4v) is 1.10. The van der Waals surface area contributed by atoms with Crippen LogP contribution in [0.15, 0.2) is 12.3 Å². The SMILES string of the molecule is CC.CC(C)c1cnc(C#N)c(C(F)(F)F)c1. The van der Waals surface area contributed by atoms with Crippen LogP contribution in [0.2, 0.25) is 0 Å². The van der Waals surface area contributed by atoms with Crippen LogP contribution < -0.4 is 0 Å². The molecular weight excluding hydrogens is 229 g/mol. The predicted octanol–water partition coefficient (Wildman–Crippen LogP) is 4.12. The number of rotatable bonds is 1. The fraction of sp³-hybridized carbons (Fsp3) is 0.500. The van der Waals surface area contributed by atoms with Gasteiger partial charge >= 0.3 is 6.18 Å². The molecule has 0 atom stereocenters. The fourth-order valence-electron chi connectivity index (χ4n) is 1.10. The Morgan fingerprint density at radius 2 is 1.82 bits per heavy atom. The lowest BCUT2D eigenvalue weighted by Crippen LogP contribution is -2.10. The van der Waals surface area contributed by atoms with E-state index in [-0.39, 0.29) is 5.92 Å². The normalized spacial score (nSPS) is 10.5. The molecule has 2 nitrogen and oxygen atoms in total. The van der Waals surface area contributed by atoms with Crippen LogP contribution in [0.4, 0.5) is 13.2 Å². The minimum Gasteiger partial charge on any atom is -0.245 e. The Balaban J connectivity index is 0.00000121. The second-order valence-corrected chi connectivity index (χ2v) is 3.43. The van der Waals surface area contributed by atoms with Crippen LogP contribution in [0.5, 0.6) is 0 Å². The zero-order valence-electron chi connectivity index (χ0n) is 10.3. The summed E-state index contributed by atoms with van der Waals surface area (Å²) in [4.78, 5) is 3.50. The molecule has 1 heterocycles. The first kappa shape index (κ1) is 15.4. The molecule has 0 saturated carbocycles. The largest absolute Gasteiger partial charge is 0.419 e. The van der Waals surface area contributed by atoms with E-state index in [9.17, 15) is 13.2 Å². The highest BCUT2D eigenvalue weighted by Crippen LogP contribution is 2.32. The number of hydrogen-bond acceptors (Lipinski definition) is 2. The van der Waals surface area contributed by atoms with Crippen molar-refractivity contribution in [3.05, 3.63) is 29.1 Å². The average molecular weight is 244 g/mol. The van der Waals surface area contributed by atoms with Gasteiger partial charge < -0.3 is 0 Å². The Bertz CT molecular complexity index is 403. The summed E-state index contributed by atoms with van der Waals surface area (Å²) in [6, 6.07) is 2.42. The van der Waals surface area contributed by atoms with Gasteiger partial charge in [0.05, 0.1) is 5.56 Å². The van der Waals surface area contributed by atoms with Gasteiger partial charge in [-0.3, -0.25) is 0 Å². The topological polar surface area (TPSA) is 36.7 Å². The van der Waals surface area contributed by atoms with E-state index in [4.69, 9.17) is 5.26 Å². The first-order valence-corrected chi connectivity index (χ1v) is 5.33. The summed E-state index contributed by atoms with van der Waals surface area (Å²) in [5.41, 5.74) is -1.07. The first-order chi connectivity index (χ1) is 7.86. The molecule has 0 aromatic carbocycles. The van der Waals surface area contributed by atoms with Crippen molar-refractivity contribution in [3.63, 3.8) is 0 Å². The van der Waals surface area contributed by atoms with E-state index >= 15 is 0 Å². The molecule has 0 spiro atoms. The van der Waals surface area contributed by atoms with Gasteiger partial charge in [0.15, 0.2) is 5.69 Å². The molecule has 5 heteroatoms. The van der Waals surface area contributed by atoms with E-state index in [1.807, 2.05) is 13.8 Å². The number of alkyl halides is 3. The van der Waals surface area contributed by atoms with Crippen LogP contribution in [0.3, 0.4) is 0 Å². The maximum Gasteiger partial charge on any atom is 0.419 e. The number of hydrogen-bond donors (Lipinski definition) is 0. The van der Waals surface area contributed by atoms with Crippen molar-refractivity contribution >= 4 is 0 Å². The van der Waals surface area contributed by atoms with Crippen molar-refractivity contribution in [1.29, 1.82) is 5.26 Å². The molecule has 0 fully saturated rings. The summed E-state index contributed by atoms with van der Waals surface area (Å²) < 4.78 is 37.5. The van der Waals surface area contributed by atoms with E-state index < -0.39 is 17.4 Å². The van der Waals surface area contributed by atoms with Crippen LogP contribution >= 0.6 is 0 Å². The Morgan fingerprint density at radius 3 is 2.18 bits per heavy atom. The molecule has 17 heavy (non-hydrogen) atoms. The summed E-state index contributed by atoms with van der Waals surface area (Å²) in [5.74, 6) is -0.0497. The number of pyridine rings is 1. The zero-order chi connectivity index (χ0) is 13.6. The van der Waals surface area contributed by atoms with Gasteiger partial charge in [0, 0.05) is 6.20 Å². The Kier molecular flexibility index (Phi) is 5.66. The molecule has 0 N–H and O–H groups in total. The molecule has 0 radical (unpaired) electrons. The smallest absolute Gasteiger partial charge is 0.245 e. The van der Waals surface area contributed by atoms with Crippen LogP contribution in [0.1, 0.15) is 50.4 Å². The molecule has 0 amide bonds. The lowest BCUT2D eigenvalue weighted by atomic mass is 10.0. The average Bonchev–Trinajstić information content (AvgIpc) is 2.29. The molecule has 0 unspecified atom stereocenters. The molecule has 0 saturated heterocycles. The molecule has 0 aliphatic heterocycles. The van der Waals surface area contributed by atoms with E-state index in [2.05, 4.69) is 4.98 Å². The van der Waals surface area contributed by atoms with Crippen molar-refractivity contribution in [3.8, 4) is 6.07 Å². The van der Waals surface area contributed by atoms with Crippen LogP contribution in [-0.2, 0) is 6.18 Å². The summed E-state index contributed by atoms with van der Waals surface area (Å²) >= 11 is 0. The van der Waals surface area contributed by atoms with Gasteiger partial charge in [-0.05, 0) is 17.5 Å².